The molecule has 0 saturated heterocycles. The number of likely N-dealkylation sites (N-methyl/N-ethyl adjacent to an activating group) is 2. The van der Waals surface area contributed by atoms with E-state index < -0.39 is 0 Å². The fourth-order valence-electron chi connectivity index (χ4n) is 7.30. The molecule has 4 aromatic rings. The van der Waals surface area contributed by atoms with Crippen LogP contribution in [0.2, 0.25) is 0 Å². The maximum Gasteiger partial charge on any atom is 0.128 e. The van der Waals surface area contributed by atoms with Crippen molar-refractivity contribution in [3.63, 3.8) is 0 Å². The van der Waals surface area contributed by atoms with Gasteiger partial charge >= 0.3 is 0 Å². The first-order valence-electron chi connectivity index (χ1n) is 18.9. The van der Waals surface area contributed by atoms with Gasteiger partial charge in [-0.1, -0.05) is 127 Å². The predicted molar refractivity (Wildman–Crippen MR) is 218 cm³/mol. The van der Waals surface area contributed by atoms with E-state index in [9.17, 15) is 10.2 Å². The van der Waals surface area contributed by atoms with E-state index in [1.54, 1.807) is 0 Å². The lowest BCUT2D eigenvalue weighted by molar-refractivity contribution is 0.0684. The standard InChI is InChI=1S/C46H60N4O2/c1-45(2,3)39-23-35(29-47-27-33-17-11-9-12-18-33)43(51)37(25-39)31-49(7)41-21-15-16-22-42(41)50(8)32-38-26-40(46(4,5)6)24-36(44(38)52)30-48-28-34-19-13-10-14-20-34/h9-14,17-20,23-26,29-30,41-42,51-52H,15-16,21-22,27-28,31-32H2,1-8H3/b47-29+,48-30+. The van der Waals surface area contributed by atoms with E-state index in [4.69, 9.17) is 9.98 Å². The first-order valence-corrected chi connectivity index (χ1v) is 18.9. The number of hydrogen-bond acceptors (Lipinski definition) is 6. The molecule has 1 aliphatic rings. The van der Waals surface area contributed by atoms with Crippen LogP contribution >= 0.6 is 0 Å². The number of hydrogen-bond donors (Lipinski definition) is 2. The summed E-state index contributed by atoms with van der Waals surface area (Å²) in [6, 6.07) is 29.5. The molecule has 2 N–H and O–H groups in total. The molecule has 2 unspecified atom stereocenters. The topological polar surface area (TPSA) is 71.7 Å². The zero-order chi connectivity index (χ0) is 37.5. The molecule has 0 aromatic heterocycles. The largest absolute Gasteiger partial charge is 0.507 e. The van der Waals surface area contributed by atoms with E-state index in [0.29, 0.717) is 49.8 Å². The zero-order valence-corrected chi connectivity index (χ0v) is 32.7. The van der Waals surface area contributed by atoms with E-state index in [-0.39, 0.29) is 10.8 Å². The summed E-state index contributed by atoms with van der Waals surface area (Å²) in [4.78, 5) is 14.3. The molecule has 52 heavy (non-hydrogen) atoms. The molecule has 0 bridgehead atoms. The van der Waals surface area contributed by atoms with Crippen LogP contribution in [0.3, 0.4) is 0 Å². The third-order valence-electron chi connectivity index (χ3n) is 10.5. The second kappa shape index (κ2) is 17.0. The Bertz CT molecular complexity index is 1680. The number of nitrogens with zero attached hydrogens (tertiary/aromatic N) is 4. The average molecular weight is 701 g/mol. The fraction of sp³-hybridized carbons (Fsp3) is 0.435. The second-order valence-electron chi connectivity index (χ2n) is 16.8. The van der Waals surface area contributed by atoms with Crippen LogP contribution in [-0.2, 0) is 37.0 Å². The first kappa shape index (κ1) is 39.0. The number of aliphatic imine (C=N–C) groups is 2. The first-order chi connectivity index (χ1) is 24.7. The Hall–Kier alpha value is -4.26. The molecule has 5 rings (SSSR count). The van der Waals surface area contributed by atoms with Gasteiger partial charge in [0, 0.05) is 59.9 Å². The van der Waals surface area contributed by atoms with Crippen molar-refractivity contribution < 1.29 is 10.2 Å². The van der Waals surface area contributed by atoms with Crippen molar-refractivity contribution in [1.29, 1.82) is 0 Å². The Morgan fingerprint density at radius 2 is 0.962 bits per heavy atom. The van der Waals surface area contributed by atoms with Gasteiger partial charge in [0.2, 0.25) is 0 Å². The highest BCUT2D eigenvalue weighted by molar-refractivity contribution is 5.85. The summed E-state index contributed by atoms with van der Waals surface area (Å²) in [6.07, 6.45) is 8.19. The Labute approximate surface area is 313 Å². The zero-order valence-electron chi connectivity index (χ0n) is 32.7. The quantitative estimate of drug-likeness (QED) is 0.144. The highest BCUT2D eigenvalue weighted by atomic mass is 16.3. The van der Waals surface area contributed by atoms with Gasteiger partial charge in [0.05, 0.1) is 13.1 Å². The molecule has 1 aliphatic carbocycles. The molecule has 0 radical (unpaired) electrons. The third-order valence-corrected chi connectivity index (χ3v) is 10.5. The lowest BCUT2D eigenvalue weighted by Gasteiger charge is -2.43. The molecule has 0 aliphatic heterocycles. The number of phenols is 2. The Kier molecular flexibility index (Phi) is 12.8. The van der Waals surface area contributed by atoms with E-state index in [2.05, 4.69) is 114 Å². The van der Waals surface area contributed by atoms with E-state index in [1.165, 1.54) is 24.0 Å². The molecule has 0 heterocycles. The van der Waals surface area contributed by atoms with Crippen molar-refractivity contribution in [2.24, 2.45) is 9.98 Å². The maximum atomic E-state index is 11.6. The summed E-state index contributed by atoms with van der Waals surface area (Å²) >= 11 is 0. The highest BCUT2D eigenvalue weighted by Gasteiger charge is 2.33. The van der Waals surface area contributed by atoms with Crippen LogP contribution in [-0.4, -0.2) is 58.6 Å². The molecule has 1 saturated carbocycles. The Morgan fingerprint density at radius 3 is 1.31 bits per heavy atom. The smallest absolute Gasteiger partial charge is 0.128 e. The highest BCUT2D eigenvalue weighted by Crippen LogP contribution is 2.35. The van der Waals surface area contributed by atoms with Gasteiger partial charge in [-0.2, -0.15) is 0 Å². The number of benzene rings is 4. The van der Waals surface area contributed by atoms with Crippen molar-refractivity contribution in [3.8, 4) is 11.5 Å². The van der Waals surface area contributed by atoms with Crippen LogP contribution in [0.25, 0.3) is 0 Å². The van der Waals surface area contributed by atoms with E-state index in [0.717, 1.165) is 46.2 Å². The maximum absolute atomic E-state index is 11.6. The van der Waals surface area contributed by atoms with Crippen molar-refractivity contribution in [2.45, 2.75) is 116 Å². The van der Waals surface area contributed by atoms with Gasteiger partial charge in [-0.25, -0.2) is 0 Å². The molecule has 0 amide bonds. The Morgan fingerprint density at radius 1 is 0.596 bits per heavy atom. The number of aromatic hydroxyl groups is 2. The van der Waals surface area contributed by atoms with Gasteiger partial charge in [-0.05, 0) is 72.2 Å². The molecule has 1 fully saturated rings. The van der Waals surface area contributed by atoms with Crippen molar-refractivity contribution in [2.75, 3.05) is 14.1 Å². The molecule has 0 spiro atoms. The molecule has 6 nitrogen and oxygen atoms in total. The Balaban J connectivity index is 1.37. The van der Waals surface area contributed by atoms with Crippen molar-refractivity contribution in [3.05, 3.63) is 129 Å². The van der Waals surface area contributed by atoms with Crippen LogP contribution in [0.1, 0.15) is 112 Å². The fourth-order valence-corrected chi connectivity index (χ4v) is 7.30. The third kappa shape index (κ3) is 10.2. The molecule has 4 aromatic carbocycles. The van der Waals surface area contributed by atoms with Crippen LogP contribution in [0, 0.1) is 0 Å². The summed E-state index contributed by atoms with van der Waals surface area (Å²) in [5, 5.41) is 23.2. The van der Waals surface area contributed by atoms with Gasteiger partial charge in [0.25, 0.3) is 0 Å². The van der Waals surface area contributed by atoms with Crippen molar-refractivity contribution in [1.82, 2.24) is 9.80 Å². The molecule has 2 atom stereocenters. The molecular formula is C46H60N4O2. The summed E-state index contributed by atoms with van der Waals surface area (Å²) in [5.41, 5.74) is 7.89. The number of phenolic OH excluding ortho intramolecular Hbond substituents is 2. The van der Waals surface area contributed by atoms with Crippen molar-refractivity contribution >= 4 is 12.4 Å². The van der Waals surface area contributed by atoms with Gasteiger partial charge in [-0.3, -0.25) is 19.8 Å². The van der Waals surface area contributed by atoms with Gasteiger partial charge in [-0.15, -0.1) is 0 Å². The molecule has 6 heteroatoms. The lowest BCUT2D eigenvalue weighted by atomic mass is 9.84. The molecular weight excluding hydrogens is 641 g/mol. The SMILES string of the molecule is CN(Cc1cc(C(C)(C)C)cc(/C=N/Cc2ccccc2)c1O)C1CCCCC1N(C)Cc1cc(C(C)(C)C)cc(/C=N/Cc2ccccc2)c1O. The minimum atomic E-state index is -0.0780. The van der Waals surface area contributed by atoms with E-state index >= 15 is 0 Å². The van der Waals surface area contributed by atoms with Gasteiger partial charge < -0.3 is 10.2 Å². The average Bonchev–Trinajstić information content (AvgIpc) is 3.11. The van der Waals surface area contributed by atoms with Gasteiger partial charge in [0.15, 0.2) is 0 Å². The second-order valence-corrected chi connectivity index (χ2v) is 16.8. The number of rotatable bonds is 12. The summed E-state index contributed by atoms with van der Waals surface area (Å²) < 4.78 is 0. The minimum absolute atomic E-state index is 0.0780. The summed E-state index contributed by atoms with van der Waals surface area (Å²) in [7, 11) is 4.39. The van der Waals surface area contributed by atoms with Gasteiger partial charge in [0.1, 0.15) is 11.5 Å². The lowest BCUT2D eigenvalue weighted by Crippen LogP contribution is -2.50. The van der Waals surface area contributed by atoms with Crippen LogP contribution in [0.15, 0.2) is 94.9 Å². The minimum Gasteiger partial charge on any atom is -0.507 e. The van der Waals surface area contributed by atoms with Crippen LogP contribution in [0.4, 0.5) is 0 Å². The molecule has 276 valence electrons. The normalized spacial score (nSPS) is 17.2. The predicted octanol–water partition coefficient (Wildman–Crippen LogP) is 9.81. The summed E-state index contributed by atoms with van der Waals surface area (Å²) in [6.45, 7) is 15.7. The van der Waals surface area contributed by atoms with E-state index in [1.807, 2.05) is 48.8 Å². The van der Waals surface area contributed by atoms with Crippen LogP contribution in [0.5, 0.6) is 11.5 Å². The monoisotopic (exact) mass is 700 g/mol. The summed E-state index contributed by atoms with van der Waals surface area (Å²) in [5.74, 6) is 0.616. The van der Waals surface area contributed by atoms with Crippen LogP contribution < -0.4 is 0 Å².